The topological polar surface area (TPSA) is 67.2 Å². The van der Waals surface area contributed by atoms with E-state index in [1.165, 1.54) is 0 Å². The van der Waals surface area contributed by atoms with Gasteiger partial charge in [0, 0.05) is 24.0 Å². The van der Waals surface area contributed by atoms with Crippen molar-refractivity contribution in [2.45, 2.75) is 27.2 Å². The molecule has 0 saturated carbocycles. The number of hydrogen-bond acceptors (Lipinski definition) is 3. The molecule has 4 aromatic rings. The second-order valence-electron chi connectivity index (χ2n) is 9.40. The minimum absolute atomic E-state index is 0.0365. The number of imidazole rings is 1. The van der Waals surface area contributed by atoms with E-state index in [-0.39, 0.29) is 30.7 Å². The Morgan fingerprint density at radius 2 is 1.64 bits per heavy atom. The number of nitrogens with one attached hydrogen (secondary N) is 1. The number of benzene rings is 3. The van der Waals surface area contributed by atoms with Crippen molar-refractivity contribution in [1.29, 1.82) is 0 Å². The van der Waals surface area contributed by atoms with E-state index in [1.54, 1.807) is 4.90 Å². The summed E-state index contributed by atoms with van der Waals surface area (Å²) >= 11 is 0. The van der Waals surface area contributed by atoms with E-state index in [9.17, 15) is 9.59 Å². The Bertz CT molecular complexity index is 1310. The van der Waals surface area contributed by atoms with Crippen LogP contribution < -0.4 is 5.32 Å². The predicted molar refractivity (Wildman–Crippen MR) is 144 cm³/mol. The molecule has 0 fully saturated rings. The van der Waals surface area contributed by atoms with Gasteiger partial charge in [-0.3, -0.25) is 19.5 Å². The van der Waals surface area contributed by atoms with E-state index < -0.39 is 0 Å². The fraction of sp³-hybridized carbons (Fsp3) is 0.233. The van der Waals surface area contributed by atoms with Crippen LogP contribution in [0.25, 0.3) is 16.9 Å². The molecule has 1 N–H and O–H groups in total. The minimum Gasteiger partial charge on any atom is -0.333 e. The summed E-state index contributed by atoms with van der Waals surface area (Å²) < 4.78 is 1.88. The molecular formula is C30H32N4O2. The third kappa shape index (κ3) is 6.48. The number of anilines is 1. The quantitative estimate of drug-likeness (QED) is 0.343. The molecule has 184 valence electrons. The molecule has 0 bridgehead atoms. The van der Waals surface area contributed by atoms with Crippen molar-refractivity contribution in [3.8, 4) is 16.9 Å². The van der Waals surface area contributed by atoms with Crippen LogP contribution in [0.3, 0.4) is 0 Å². The first kappa shape index (κ1) is 24.9. The number of nitrogens with zero attached hydrogens (tertiary/aromatic N) is 3. The van der Waals surface area contributed by atoms with Gasteiger partial charge < -0.3 is 4.90 Å². The first-order valence-corrected chi connectivity index (χ1v) is 12.2. The van der Waals surface area contributed by atoms with E-state index in [4.69, 9.17) is 4.98 Å². The van der Waals surface area contributed by atoms with Gasteiger partial charge >= 0.3 is 0 Å². The molecule has 0 saturated heterocycles. The molecule has 0 aliphatic rings. The first-order valence-electron chi connectivity index (χ1n) is 12.2. The van der Waals surface area contributed by atoms with Crippen LogP contribution in [-0.4, -0.2) is 39.4 Å². The Hall–Kier alpha value is -4.19. The maximum atomic E-state index is 13.2. The number of carbonyl (C=O) groups is 2. The van der Waals surface area contributed by atoms with Crippen molar-refractivity contribution in [2.75, 3.05) is 18.4 Å². The molecule has 6 nitrogen and oxygen atoms in total. The van der Waals surface area contributed by atoms with Gasteiger partial charge in [-0.2, -0.15) is 0 Å². The van der Waals surface area contributed by atoms with Gasteiger partial charge in [-0.25, -0.2) is 4.98 Å². The smallest absolute Gasteiger partial charge is 0.246 e. The lowest BCUT2D eigenvalue weighted by Gasteiger charge is -2.24. The van der Waals surface area contributed by atoms with Crippen LogP contribution in [-0.2, 0) is 16.0 Å². The normalized spacial score (nSPS) is 10.9. The number of hydrogen-bond donors (Lipinski definition) is 1. The Labute approximate surface area is 212 Å². The van der Waals surface area contributed by atoms with E-state index in [1.807, 2.05) is 116 Å². The van der Waals surface area contributed by atoms with Gasteiger partial charge in [0.15, 0.2) is 0 Å². The molecule has 2 amide bonds. The van der Waals surface area contributed by atoms with E-state index in [0.29, 0.717) is 12.5 Å². The average molecular weight is 481 g/mol. The molecule has 3 aromatic carbocycles. The highest BCUT2D eigenvalue weighted by Gasteiger charge is 2.21. The van der Waals surface area contributed by atoms with Gasteiger partial charge in [0.05, 0.1) is 18.7 Å². The van der Waals surface area contributed by atoms with Crippen LogP contribution in [0.1, 0.15) is 25.0 Å². The molecule has 0 spiro atoms. The maximum absolute atomic E-state index is 13.2. The van der Waals surface area contributed by atoms with Crippen LogP contribution in [0.5, 0.6) is 0 Å². The number of aryl methyl sites for hydroxylation is 1. The highest BCUT2D eigenvalue weighted by molar-refractivity contribution is 5.94. The summed E-state index contributed by atoms with van der Waals surface area (Å²) in [6.07, 6.45) is 2.18. The molecule has 0 aliphatic carbocycles. The van der Waals surface area contributed by atoms with Gasteiger partial charge in [-0.1, -0.05) is 86.6 Å². The summed E-state index contributed by atoms with van der Waals surface area (Å²) in [6, 6.07) is 27.5. The predicted octanol–water partition coefficient (Wildman–Crippen LogP) is 5.51. The summed E-state index contributed by atoms with van der Waals surface area (Å²) in [4.78, 5) is 32.6. The Morgan fingerprint density at radius 3 is 2.31 bits per heavy atom. The summed E-state index contributed by atoms with van der Waals surface area (Å²) in [5.74, 6) is 0.300. The zero-order valence-corrected chi connectivity index (χ0v) is 21.0. The third-order valence-electron chi connectivity index (χ3n) is 5.78. The van der Waals surface area contributed by atoms with Crippen molar-refractivity contribution in [3.63, 3.8) is 0 Å². The number of carbonyl (C=O) groups excluding carboxylic acids is 2. The molecule has 0 aliphatic heterocycles. The fourth-order valence-corrected chi connectivity index (χ4v) is 4.11. The third-order valence-corrected chi connectivity index (χ3v) is 5.78. The van der Waals surface area contributed by atoms with Crippen LogP contribution in [0.15, 0.2) is 91.1 Å². The van der Waals surface area contributed by atoms with Crippen molar-refractivity contribution in [1.82, 2.24) is 14.5 Å². The van der Waals surface area contributed by atoms with Crippen molar-refractivity contribution in [3.05, 3.63) is 102 Å². The second kappa shape index (κ2) is 11.5. The molecule has 0 atom stereocenters. The maximum Gasteiger partial charge on any atom is 0.246 e. The van der Waals surface area contributed by atoms with Gasteiger partial charge in [-0.15, -0.1) is 0 Å². The van der Waals surface area contributed by atoms with Gasteiger partial charge in [0.25, 0.3) is 0 Å². The molecule has 0 unspecified atom stereocenters. The fourth-order valence-electron chi connectivity index (χ4n) is 4.11. The summed E-state index contributed by atoms with van der Waals surface area (Å²) in [6.45, 7) is 6.57. The molecule has 4 rings (SSSR count). The minimum atomic E-state index is -0.281. The van der Waals surface area contributed by atoms with Crippen molar-refractivity contribution < 1.29 is 9.59 Å². The van der Waals surface area contributed by atoms with E-state index >= 15 is 0 Å². The number of amides is 2. The SMILES string of the molecule is Cc1cccc(-n2cc(-c3ccccc3)nc2NC(=O)CN(CC(C)C)C(=O)Cc2ccccc2)c1. The summed E-state index contributed by atoms with van der Waals surface area (Å²) in [5, 5.41) is 2.96. The van der Waals surface area contributed by atoms with E-state index in [2.05, 4.69) is 5.32 Å². The number of rotatable bonds is 9. The second-order valence-corrected chi connectivity index (χ2v) is 9.40. The Balaban J connectivity index is 1.57. The zero-order chi connectivity index (χ0) is 25.5. The van der Waals surface area contributed by atoms with E-state index in [0.717, 1.165) is 28.1 Å². The van der Waals surface area contributed by atoms with Gasteiger partial charge in [-0.05, 0) is 36.1 Å². The average Bonchev–Trinajstić information content (AvgIpc) is 3.28. The standard InChI is InChI=1S/C30H32N4O2/c1-22(2)19-33(29(36)18-24-12-6-4-7-13-24)21-28(35)32-30-31-27(25-14-8-5-9-15-25)20-34(30)26-16-10-11-23(3)17-26/h4-17,20,22H,18-19,21H2,1-3H3,(H,31,32,35). The molecule has 36 heavy (non-hydrogen) atoms. The Morgan fingerprint density at radius 1 is 0.944 bits per heavy atom. The number of aromatic nitrogens is 2. The highest BCUT2D eigenvalue weighted by Crippen LogP contribution is 2.24. The van der Waals surface area contributed by atoms with Crippen LogP contribution in [0, 0.1) is 12.8 Å². The molecule has 0 radical (unpaired) electrons. The van der Waals surface area contributed by atoms with Crippen molar-refractivity contribution in [2.24, 2.45) is 5.92 Å². The molecule has 1 aromatic heterocycles. The first-order chi connectivity index (χ1) is 17.4. The molecular weight excluding hydrogens is 448 g/mol. The zero-order valence-electron chi connectivity index (χ0n) is 21.0. The van der Waals surface area contributed by atoms with Gasteiger partial charge in [0.2, 0.25) is 17.8 Å². The van der Waals surface area contributed by atoms with Crippen LogP contribution >= 0.6 is 0 Å². The van der Waals surface area contributed by atoms with Crippen LogP contribution in [0.2, 0.25) is 0 Å². The Kier molecular flexibility index (Phi) is 7.95. The molecule has 6 heteroatoms. The monoisotopic (exact) mass is 480 g/mol. The van der Waals surface area contributed by atoms with Gasteiger partial charge in [0.1, 0.15) is 0 Å². The summed E-state index contributed by atoms with van der Waals surface area (Å²) in [7, 11) is 0. The lowest BCUT2D eigenvalue weighted by molar-refractivity contribution is -0.134. The largest absolute Gasteiger partial charge is 0.333 e. The summed E-state index contributed by atoms with van der Waals surface area (Å²) in [5.41, 5.74) is 4.65. The molecule has 1 heterocycles. The van der Waals surface area contributed by atoms with Crippen molar-refractivity contribution >= 4 is 17.8 Å². The lowest BCUT2D eigenvalue weighted by atomic mass is 10.1. The highest BCUT2D eigenvalue weighted by atomic mass is 16.2. The van der Waals surface area contributed by atoms with Crippen LogP contribution in [0.4, 0.5) is 5.95 Å². The lowest BCUT2D eigenvalue weighted by Crippen LogP contribution is -2.41.